The molecule has 1 unspecified atom stereocenters. The Hall–Kier alpha value is -1.60. The molecule has 0 saturated carbocycles. The van der Waals surface area contributed by atoms with Crippen LogP contribution in [0.3, 0.4) is 0 Å². The molecule has 0 N–H and O–H groups in total. The summed E-state index contributed by atoms with van der Waals surface area (Å²) in [7, 11) is 0. The fraction of sp³-hybridized carbons (Fsp3) is 0.611. The number of piperazine rings is 1. The van der Waals surface area contributed by atoms with Gasteiger partial charge in [0.25, 0.3) is 0 Å². The van der Waals surface area contributed by atoms with Crippen molar-refractivity contribution in [2.75, 3.05) is 39.4 Å². The average molecular weight is 356 g/mol. The standard InChI is InChI=1S/C18H23F3N2O2/c19-18(20,21)16(14-4-2-1-3-5-14)22-8-10-23(11-9-22)17(24)15-6-12-25-13-7-15/h1-5,15-16H,6-13H2. The molecule has 0 bridgehead atoms. The predicted octanol–water partition coefficient (Wildman–Crippen LogP) is 2.86. The van der Waals surface area contributed by atoms with Crippen LogP contribution < -0.4 is 0 Å². The van der Waals surface area contributed by atoms with E-state index in [0.717, 1.165) is 0 Å². The minimum absolute atomic E-state index is 0.0483. The Bertz CT molecular complexity index is 565. The van der Waals surface area contributed by atoms with Gasteiger partial charge >= 0.3 is 6.18 Å². The van der Waals surface area contributed by atoms with Crippen LogP contribution in [0.5, 0.6) is 0 Å². The molecule has 1 amide bonds. The van der Waals surface area contributed by atoms with Gasteiger partial charge in [-0.15, -0.1) is 0 Å². The summed E-state index contributed by atoms with van der Waals surface area (Å²) in [5.41, 5.74) is 0.249. The van der Waals surface area contributed by atoms with Crippen molar-refractivity contribution in [2.24, 2.45) is 5.92 Å². The van der Waals surface area contributed by atoms with Crippen LogP contribution in [0.25, 0.3) is 0 Å². The van der Waals surface area contributed by atoms with Crippen molar-refractivity contribution in [1.29, 1.82) is 0 Å². The summed E-state index contributed by atoms with van der Waals surface area (Å²) in [5, 5.41) is 0. The minimum Gasteiger partial charge on any atom is -0.381 e. The molecule has 2 saturated heterocycles. The van der Waals surface area contributed by atoms with Crippen LogP contribution in [-0.2, 0) is 9.53 Å². The number of rotatable bonds is 3. The highest BCUT2D eigenvalue weighted by Crippen LogP contribution is 2.38. The number of halogens is 3. The second-order valence-corrected chi connectivity index (χ2v) is 6.60. The van der Waals surface area contributed by atoms with E-state index in [2.05, 4.69) is 0 Å². The number of carbonyl (C=O) groups excluding carboxylic acids is 1. The second kappa shape index (κ2) is 7.74. The minimum atomic E-state index is -4.34. The van der Waals surface area contributed by atoms with Gasteiger partial charge in [0.2, 0.25) is 5.91 Å². The van der Waals surface area contributed by atoms with E-state index in [1.165, 1.54) is 17.0 Å². The maximum Gasteiger partial charge on any atom is 0.408 e. The molecule has 1 atom stereocenters. The molecular formula is C18H23F3N2O2. The smallest absolute Gasteiger partial charge is 0.381 e. The summed E-state index contributed by atoms with van der Waals surface area (Å²) in [6, 6.07) is 6.36. The number of ether oxygens (including phenoxy) is 1. The first-order valence-electron chi connectivity index (χ1n) is 8.69. The topological polar surface area (TPSA) is 32.8 Å². The molecule has 25 heavy (non-hydrogen) atoms. The SMILES string of the molecule is O=C(C1CCOCC1)N1CCN(C(c2ccccc2)C(F)(F)F)CC1. The van der Waals surface area contributed by atoms with Gasteiger partial charge in [-0.05, 0) is 18.4 Å². The van der Waals surface area contributed by atoms with Gasteiger partial charge in [-0.2, -0.15) is 13.2 Å². The molecule has 4 nitrogen and oxygen atoms in total. The third-order valence-corrected chi connectivity index (χ3v) is 4.99. The summed E-state index contributed by atoms with van der Waals surface area (Å²) in [5.74, 6) is 0.0130. The third kappa shape index (κ3) is 4.33. The first-order valence-corrected chi connectivity index (χ1v) is 8.69. The predicted molar refractivity (Wildman–Crippen MR) is 86.9 cm³/mol. The maximum atomic E-state index is 13.6. The lowest BCUT2D eigenvalue weighted by Crippen LogP contribution is -2.53. The van der Waals surface area contributed by atoms with Crippen molar-refractivity contribution < 1.29 is 22.7 Å². The number of alkyl halides is 3. The molecule has 0 aromatic heterocycles. The zero-order valence-electron chi connectivity index (χ0n) is 14.0. The van der Waals surface area contributed by atoms with E-state index in [0.29, 0.717) is 39.1 Å². The van der Waals surface area contributed by atoms with Crippen molar-refractivity contribution in [2.45, 2.75) is 25.1 Å². The number of benzene rings is 1. The van der Waals surface area contributed by atoms with Gasteiger partial charge in [0.1, 0.15) is 6.04 Å². The monoisotopic (exact) mass is 356 g/mol. The van der Waals surface area contributed by atoms with Crippen LogP contribution >= 0.6 is 0 Å². The summed E-state index contributed by atoms with van der Waals surface area (Å²) in [6.07, 6.45) is -2.93. The second-order valence-electron chi connectivity index (χ2n) is 6.60. The summed E-state index contributed by atoms with van der Waals surface area (Å²) < 4.78 is 46.1. The Balaban J connectivity index is 1.64. The highest BCUT2D eigenvalue weighted by atomic mass is 19.4. The van der Waals surface area contributed by atoms with Crippen LogP contribution in [0.4, 0.5) is 13.2 Å². The van der Waals surface area contributed by atoms with E-state index in [1.54, 1.807) is 23.1 Å². The molecule has 0 spiro atoms. The van der Waals surface area contributed by atoms with Gasteiger partial charge in [0.15, 0.2) is 0 Å². The molecule has 7 heteroatoms. The third-order valence-electron chi connectivity index (χ3n) is 4.99. The van der Waals surface area contributed by atoms with E-state index < -0.39 is 12.2 Å². The fourth-order valence-electron chi connectivity index (χ4n) is 3.65. The molecule has 2 aliphatic heterocycles. The lowest BCUT2D eigenvalue weighted by molar-refractivity contribution is -0.191. The largest absolute Gasteiger partial charge is 0.408 e. The van der Waals surface area contributed by atoms with E-state index in [-0.39, 0.29) is 30.5 Å². The zero-order chi connectivity index (χ0) is 17.9. The molecule has 0 radical (unpaired) electrons. The molecule has 1 aromatic carbocycles. The Morgan fingerprint density at radius 2 is 1.64 bits per heavy atom. The van der Waals surface area contributed by atoms with Crippen LogP contribution in [0.15, 0.2) is 30.3 Å². The fourth-order valence-corrected chi connectivity index (χ4v) is 3.65. The number of amides is 1. The van der Waals surface area contributed by atoms with Crippen molar-refractivity contribution in [3.05, 3.63) is 35.9 Å². The van der Waals surface area contributed by atoms with Crippen LogP contribution in [-0.4, -0.2) is 61.3 Å². The van der Waals surface area contributed by atoms with Gasteiger partial charge in [0, 0.05) is 45.3 Å². The lowest BCUT2D eigenvalue weighted by Gasteiger charge is -2.41. The molecule has 2 heterocycles. The van der Waals surface area contributed by atoms with Crippen molar-refractivity contribution in [3.8, 4) is 0 Å². The molecule has 3 rings (SSSR count). The van der Waals surface area contributed by atoms with Gasteiger partial charge < -0.3 is 9.64 Å². The molecule has 2 aliphatic rings. The van der Waals surface area contributed by atoms with E-state index >= 15 is 0 Å². The summed E-state index contributed by atoms with van der Waals surface area (Å²) >= 11 is 0. The van der Waals surface area contributed by atoms with Gasteiger partial charge in [-0.3, -0.25) is 9.69 Å². The van der Waals surface area contributed by atoms with Gasteiger partial charge in [-0.1, -0.05) is 30.3 Å². The Morgan fingerprint density at radius 3 is 2.20 bits per heavy atom. The zero-order valence-corrected chi connectivity index (χ0v) is 14.0. The summed E-state index contributed by atoms with van der Waals surface area (Å²) in [6.45, 7) is 2.31. The van der Waals surface area contributed by atoms with E-state index in [9.17, 15) is 18.0 Å². The molecule has 2 fully saturated rings. The Labute approximate surface area is 145 Å². The first-order chi connectivity index (χ1) is 12.0. The number of nitrogens with zero attached hydrogens (tertiary/aromatic N) is 2. The number of hydrogen-bond donors (Lipinski definition) is 0. The lowest BCUT2D eigenvalue weighted by atomic mass is 9.98. The number of hydrogen-bond acceptors (Lipinski definition) is 3. The van der Waals surface area contributed by atoms with Gasteiger partial charge in [0.05, 0.1) is 0 Å². The number of carbonyl (C=O) groups is 1. The normalized spacial score (nSPS) is 22.0. The van der Waals surface area contributed by atoms with Crippen LogP contribution in [0.1, 0.15) is 24.4 Å². The molecule has 1 aromatic rings. The molecular weight excluding hydrogens is 333 g/mol. The van der Waals surface area contributed by atoms with E-state index in [1.807, 2.05) is 0 Å². The Morgan fingerprint density at radius 1 is 1.04 bits per heavy atom. The van der Waals surface area contributed by atoms with Gasteiger partial charge in [-0.25, -0.2) is 0 Å². The van der Waals surface area contributed by atoms with Crippen molar-refractivity contribution in [1.82, 2.24) is 9.80 Å². The highest BCUT2D eigenvalue weighted by molar-refractivity contribution is 5.79. The quantitative estimate of drug-likeness (QED) is 0.835. The van der Waals surface area contributed by atoms with E-state index in [4.69, 9.17) is 4.74 Å². The summed E-state index contributed by atoms with van der Waals surface area (Å²) in [4.78, 5) is 15.7. The molecule has 0 aliphatic carbocycles. The first kappa shape index (κ1) is 18.2. The molecule has 138 valence electrons. The average Bonchev–Trinajstić information content (AvgIpc) is 2.62. The Kier molecular flexibility index (Phi) is 5.64. The maximum absolute atomic E-state index is 13.6. The highest BCUT2D eigenvalue weighted by Gasteiger charge is 2.45. The van der Waals surface area contributed by atoms with Crippen LogP contribution in [0, 0.1) is 5.92 Å². The van der Waals surface area contributed by atoms with Crippen molar-refractivity contribution in [3.63, 3.8) is 0 Å². The van der Waals surface area contributed by atoms with Crippen LogP contribution in [0.2, 0.25) is 0 Å². The van der Waals surface area contributed by atoms with Crippen molar-refractivity contribution >= 4 is 5.91 Å².